The Bertz CT molecular complexity index is 1010. The molecule has 0 spiro atoms. The molecule has 31 heavy (non-hydrogen) atoms. The molecule has 8 heteroatoms. The number of aromatic nitrogens is 5. The summed E-state index contributed by atoms with van der Waals surface area (Å²) >= 11 is 0. The molecule has 1 N–H and O–H groups in total. The fourth-order valence-corrected chi connectivity index (χ4v) is 3.60. The molecule has 3 aromatic rings. The van der Waals surface area contributed by atoms with Gasteiger partial charge in [-0.1, -0.05) is 32.9 Å². The van der Waals surface area contributed by atoms with Gasteiger partial charge in [-0.05, 0) is 49.8 Å². The number of aryl methyl sites for hydroxylation is 1. The third-order valence-electron chi connectivity index (χ3n) is 5.30. The van der Waals surface area contributed by atoms with Gasteiger partial charge in [0.15, 0.2) is 0 Å². The van der Waals surface area contributed by atoms with E-state index in [9.17, 15) is 4.79 Å². The van der Waals surface area contributed by atoms with Gasteiger partial charge in [0.2, 0.25) is 17.6 Å². The van der Waals surface area contributed by atoms with Crippen molar-refractivity contribution >= 4 is 5.91 Å². The van der Waals surface area contributed by atoms with Crippen LogP contribution in [0.3, 0.4) is 0 Å². The van der Waals surface area contributed by atoms with E-state index in [0.717, 1.165) is 29.1 Å². The van der Waals surface area contributed by atoms with Crippen molar-refractivity contribution < 1.29 is 9.32 Å². The number of rotatable bonds is 9. The van der Waals surface area contributed by atoms with Crippen molar-refractivity contribution in [1.82, 2.24) is 30.2 Å². The predicted molar refractivity (Wildman–Crippen MR) is 118 cm³/mol. The lowest BCUT2D eigenvalue weighted by Crippen LogP contribution is -2.32. The molecule has 0 aliphatic rings. The summed E-state index contributed by atoms with van der Waals surface area (Å²) in [5, 5.41) is 11.8. The molecular weight excluding hydrogens is 392 g/mol. The van der Waals surface area contributed by atoms with Crippen LogP contribution in [-0.4, -0.2) is 30.8 Å². The first-order chi connectivity index (χ1) is 14.8. The highest BCUT2D eigenvalue weighted by Gasteiger charge is 2.25. The van der Waals surface area contributed by atoms with Crippen molar-refractivity contribution in [2.75, 3.05) is 0 Å². The zero-order valence-corrected chi connectivity index (χ0v) is 19.2. The van der Waals surface area contributed by atoms with E-state index in [1.54, 1.807) is 12.4 Å². The molecule has 0 aliphatic carbocycles. The Morgan fingerprint density at radius 3 is 2.52 bits per heavy atom. The average Bonchev–Trinajstić information content (AvgIpc) is 3.30. The van der Waals surface area contributed by atoms with Crippen LogP contribution in [0.4, 0.5) is 0 Å². The summed E-state index contributed by atoms with van der Waals surface area (Å²) in [4.78, 5) is 21.3. The van der Waals surface area contributed by atoms with Gasteiger partial charge in [0, 0.05) is 36.6 Å². The van der Waals surface area contributed by atoms with Gasteiger partial charge in [0.1, 0.15) is 6.04 Å². The van der Waals surface area contributed by atoms with Gasteiger partial charge in [-0.2, -0.15) is 10.1 Å². The fraction of sp³-hybridized carbons (Fsp3) is 0.522. The second-order valence-corrected chi connectivity index (χ2v) is 8.71. The Morgan fingerprint density at radius 1 is 1.16 bits per heavy atom. The first-order valence-corrected chi connectivity index (χ1v) is 10.8. The highest BCUT2D eigenvalue weighted by atomic mass is 16.5. The van der Waals surface area contributed by atoms with Crippen molar-refractivity contribution in [3.63, 3.8) is 0 Å². The molecule has 0 saturated heterocycles. The standard InChI is InChI=1S/C23H32N6O2/c1-14(2)13-29-17(6)19(16(5)27-29)7-8-20(30)25-21(15(3)4)23-26-22(28-31-23)18-9-11-24-12-10-18/h9-12,14-15,21H,7-8,13H2,1-6H3,(H,25,30). The highest BCUT2D eigenvalue weighted by Crippen LogP contribution is 2.24. The van der Waals surface area contributed by atoms with Crippen LogP contribution < -0.4 is 5.32 Å². The van der Waals surface area contributed by atoms with Crippen LogP contribution in [0.5, 0.6) is 0 Å². The van der Waals surface area contributed by atoms with Crippen LogP contribution in [0.15, 0.2) is 29.0 Å². The number of nitrogens with one attached hydrogen (secondary N) is 1. The molecular formula is C23H32N6O2. The van der Waals surface area contributed by atoms with Crippen LogP contribution in [0.1, 0.15) is 63.0 Å². The molecule has 3 heterocycles. The molecule has 3 rings (SSSR count). The zero-order chi connectivity index (χ0) is 22.5. The number of carbonyl (C=O) groups excluding carboxylic acids is 1. The minimum atomic E-state index is -0.346. The van der Waals surface area contributed by atoms with Crippen molar-refractivity contribution in [2.45, 2.75) is 67.0 Å². The predicted octanol–water partition coefficient (Wildman–Crippen LogP) is 4.05. The summed E-state index contributed by atoms with van der Waals surface area (Å²) < 4.78 is 7.52. The number of hydrogen-bond acceptors (Lipinski definition) is 6. The molecule has 0 fully saturated rings. The molecule has 8 nitrogen and oxygen atoms in total. The third kappa shape index (κ3) is 5.57. The number of hydrogen-bond donors (Lipinski definition) is 1. The first-order valence-electron chi connectivity index (χ1n) is 10.8. The average molecular weight is 425 g/mol. The molecule has 0 aliphatic heterocycles. The molecule has 166 valence electrons. The Hall–Kier alpha value is -3.03. The van der Waals surface area contributed by atoms with Gasteiger partial charge < -0.3 is 9.84 Å². The summed E-state index contributed by atoms with van der Waals surface area (Å²) in [6.45, 7) is 13.3. The number of pyridine rings is 1. The smallest absolute Gasteiger partial charge is 0.249 e. The Kier molecular flexibility index (Phi) is 7.20. The maximum absolute atomic E-state index is 12.8. The van der Waals surface area contributed by atoms with Crippen molar-refractivity contribution in [3.05, 3.63) is 47.4 Å². The largest absolute Gasteiger partial charge is 0.344 e. The minimum absolute atomic E-state index is 0.0437. The lowest BCUT2D eigenvalue weighted by Gasteiger charge is -2.18. The van der Waals surface area contributed by atoms with Crippen LogP contribution in [-0.2, 0) is 17.8 Å². The SMILES string of the molecule is Cc1nn(CC(C)C)c(C)c1CCC(=O)NC(c1nc(-c2ccncc2)no1)C(C)C. The number of amides is 1. The second-order valence-electron chi connectivity index (χ2n) is 8.71. The highest BCUT2D eigenvalue weighted by molar-refractivity contribution is 5.76. The van der Waals surface area contributed by atoms with Crippen LogP contribution in [0, 0.1) is 25.7 Å². The normalized spacial score (nSPS) is 12.5. The van der Waals surface area contributed by atoms with E-state index in [2.05, 4.69) is 46.3 Å². The molecule has 3 aromatic heterocycles. The summed E-state index contributed by atoms with van der Waals surface area (Å²) in [5.41, 5.74) is 4.10. The van der Waals surface area contributed by atoms with E-state index >= 15 is 0 Å². The van der Waals surface area contributed by atoms with Crippen LogP contribution >= 0.6 is 0 Å². The van der Waals surface area contributed by atoms with Gasteiger partial charge >= 0.3 is 0 Å². The van der Waals surface area contributed by atoms with E-state index in [1.807, 2.05) is 37.6 Å². The van der Waals surface area contributed by atoms with Gasteiger partial charge in [-0.25, -0.2) is 0 Å². The monoisotopic (exact) mass is 424 g/mol. The molecule has 0 aromatic carbocycles. The van der Waals surface area contributed by atoms with E-state index in [4.69, 9.17) is 4.52 Å². The molecule has 1 amide bonds. The topological polar surface area (TPSA) is 98.7 Å². The quantitative estimate of drug-likeness (QED) is 0.556. The Balaban J connectivity index is 1.66. The van der Waals surface area contributed by atoms with E-state index in [1.165, 1.54) is 0 Å². The van der Waals surface area contributed by atoms with Gasteiger partial charge in [-0.3, -0.25) is 14.5 Å². The molecule has 0 radical (unpaired) electrons. The molecule has 0 saturated carbocycles. The maximum Gasteiger partial charge on any atom is 0.249 e. The summed E-state index contributed by atoms with van der Waals surface area (Å²) in [5.74, 6) is 1.48. The number of carbonyl (C=O) groups is 1. The summed E-state index contributed by atoms with van der Waals surface area (Å²) in [7, 11) is 0. The Morgan fingerprint density at radius 2 is 1.87 bits per heavy atom. The maximum atomic E-state index is 12.8. The molecule has 0 bridgehead atoms. The third-order valence-corrected chi connectivity index (χ3v) is 5.30. The minimum Gasteiger partial charge on any atom is -0.344 e. The Labute approximate surface area is 183 Å². The second kappa shape index (κ2) is 9.85. The van der Waals surface area contributed by atoms with Crippen molar-refractivity contribution in [2.24, 2.45) is 11.8 Å². The van der Waals surface area contributed by atoms with Gasteiger partial charge in [-0.15, -0.1) is 0 Å². The van der Waals surface area contributed by atoms with E-state index in [0.29, 0.717) is 30.5 Å². The van der Waals surface area contributed by atoms with Crippen molar-refractivity contribution in [1.29, 1.82) is 0 Å². The lowest BCUT2D eigenvalue weighted by atomic mass is 10.0. The molecule has 1 atom stereocenters. The van der Waals surface area contributed by atoms with Crippen molar-refractivity contribution in [3.8, 4) is 11.4 Å². The van der Waals surface area contributed by atoms with Gasteiger partial charge in [0.05, 0.1) is 5.69 Å². The summed E-state index contributed by atoms with van der Waals surface area (Å²) in [6, 6.07) is 3.30. The van der Waals surface area contributed by atoms with Gasteiger partial charge in [0.25, 0.3) is 0 Å². The first kappa shape index (κ1) is 22.7. The van der Waals surface area contributed by atoms with E-state index < -0.39 is 0 Å². The fourth-order valence-electron chi connectivity index (χ4n) is 3.60. The van der Waals surface area contributed by atoms with E-state index in [-0.39, 0.29) is 17.9 Å². The zero-order valence-electron chi connectivity index (χ0n) is 19.2. The lowest BCUT2D eigenvalue weighted by molar-refractivity contribution is -0.122. The molecule has 1 unspecified atom stereocenters. The summed E-state index contributed by atoms with van der Waals surface area (Å²) in [6.07, 6.45) is 4.39. The van der Waals surface area contributed by atoms with Crippen LogP contribution in [0.2, 0.25) is 0 Å². The number of nitrogens with zero attached hydrogens (tertiary/aromatic N) is 5. The van der Waals surface area contributed by atoms with Crippen LogP contribution in [0.25, 0.3) is 11.4 Å².